The highest BCUT2D eigenvalue weighted by molar-refractivity contribution is 5.85. The van der Waals surface area contributed by atoms with Gasteiger partial charge in [-0.15, -0.1) is 12.4 Å². The number of amides is 1. The minimum absolute atomic E-state index is 0. The first kappa shape index (κ1) is 18.3. The van der Waals surface area contributed by atoms with Gasteiger partial charge in [-0.1, -0.05) is 48.5 Å². The zero-order valence-electron chi connectivity index (χ0n) is 14.1. The number of carboxylic acid groups (broad SMARTS) is 1. The Hall–Kier alpha value is -2.53. The Kier molecular flexibility index (Phi) is 5.18. The second kappa shape index (κ2) is 7.38. The van der Waals surface area contributed by atoms with Gasteiger partial charge < -0.3 is 9.84 Å². The van der Waals surface area contributed by atoms with Gasteiger partial charge in [-0.05, 0) is 35.1 Å². The first-order chi connectivity index (χ1) is 12.2. The maximum Gasteiger partial charge on any atom is 0.410 e. The lowest BCUT2D eigenvalue weighted by Crippen LogP contribution is -2.41. The van der Waals surface area contributed by atoms with Crippen LogP contribution in [0.1, 0.15) is 29.9 Å². The van der Waals surface area contributed by atoms with Crippen LogP contribution in [0, 0.1) is 0 Å². The van der Waals surface area contributed by atoms with Gasteiger partial charge in [0.1, 0.15) is 12.6 Å². The van der Waals surface area contributed by atoms with Crippen LogP contribution < -0.4 is 0 Å². The summed E-state index contributed by atoms with van der Waals surface area (Å²) in [5.74, 6) is -0.978. The van der Waals surface area contributed by atoms with E-state index in [0.717, 1.165) is 11.1 Å². The molecule has 6 heteroatoms. The van der Waals surface area contributed by atoms with Crippen LogP contribution in [0.15, 0.2) is 48.5 Å². The van der Waals surface area contributed by atoms with Crippen molar-refractivity contribution in [3.8, 4) is 11.1 Å². The number of likely N-dealkylation sites (tertiary alicyclic amines) is 1. The fraction of sp³-hybridized carbons (Fsp3) is 0.300. The molecule has 0 saturated carbocycles. The van der Waals surface area contributed by atoms with Crippen molar-refractivity contribution in [2.45, 2.75) is 24.8 Å². The molecule has 0 aromatic heterocycles. The Labute approximate surface area is 158 Å². The Bertz CT molecular complexity index is 793. The molecule has 2 aromatic carbocycles. The van der Waals surface area contributed by atoms with Crippen LogP contribution in [0.5, 0.6) is 0 Å². The third-order valence-corrected chi connectivity index (χ3v) is 5.11. The number of rotatable bonds is 3. The zero-order chi connectivity index (χ0) is 17.4. The maximum atomic E-state index is 12.4. The Morgan fingerprint density at radius 3 is 2.19 bits per heavy atom. The summed E-state index contributed by atoms with van der Waals surface area (Å²) in [5, 5.41) is 9.22. The summed E-state index contributed by atoms with van der Waals surface area (Å²) >= 11 is 0. The van der Waals surface area contributed by atoms with Gasteiger partial charge in [0.2, 0.25) is 0 Å². The molecule has 1 heterocycles. The highest BCUT2D eigenvalue weighted by Crippen LogP contribution is 2.44. The van der Waals surface area contributed by atoms with Crippen molar-refractivity contribution in [3.05, 3.63) is 59.7 Å². The number of carbonyl (C=O) groups excluding carboxylic acids is 1. The van der Waals surface area contributed by atoms with Gasteiger partial charge in [0.05, 0.1) is 0 Å². The van der Waals surface area contributed by atoms with Gasteiger partial charge in [0, 0.05) is 12.5 Å². The molecule has 2 aromatic rings. The second-order valence-corrected chi connectivity index (χ2v) is 6.49. The topological polar surface area (TPSA) is 66.8 Å². The molecule has 4 rings (SSSR count). The molecular formula is C20H20ClNO4. The molecule has 1 aliphatic carbocycles. The summed E-state index contributed by atoms with van der Waals surface area (Å²) in [6.45, 7) is 0.656. The van der Waals surface area contributed by atoms with E-state index in [1.54, 1.807) is 0 Å². The molecule has 26 heavy (non-hydrogen) atoms. The van der Waals surface area contributed by atoms with Crippen LogP contribution >= 0.6 is 12.4 Å². The number of benzene rings is 2. The molecule has 1 N–H and O–H groups in total. The fourth-order valence-corrected chi connectivity index (χ4v) is 3.92. The molecule has 0 spiro atoms. The standard InChI is InChI=1S/C20H19NO4.ClH/c22-19(23)18-10-5-11-21(18)20(24)25-12-17-15-8-3-1-6-13(15)14-7-2-4-9-16(14)17;/h1-4,6-9,17-18H,5,10-12H2,(H,22,23);1H/t18-;/m1./s1. The van der Waals surface area contributed by atoms with Crippen molar-refractivity contribution in [2.75, 3.05) is 13.2 Å². The lowest BCUT2D eigenvalue weighted by atomic mass is 9.98. The second-order valence-electron chi connectivity index (χ2n) is 6.49. The average molecular weight is 374 g/mol. The third-order valence-electron chi connectivity index (χ3n) is 5.11. The van der Waals surface area contributed by atoms with Gasteiger partial charge in [0.25, 0.3) is 0 Å². The summed E-state index contributed by atoms with van der Waals surface area (Å²) in [6, 6.07) is 15.5. The molecule has 0 radical (unpaired) electrons. The van der Waals surface area contributed by atoms with Gasteiger partial charge in [-0.25, -0.2) is 9.59 Å². The van der Waals surface area contributed by atoms with Gasteiger partial charge in [0.15, 0.2) is 0 Å². The van der Waals surface area contributed by atoms with Crippen molar-refractivity contribution >= 4 is 24.5 Å². The van der Waals surface area contributed by atoms with E-state index in [-0.39, 0.29) is 24.9 Å². The Balaban J connectivity index is 0.00000196. The fourth-order valence-electron chi connectivity index (χ4n) is 3.92. The average Bonchev–Trinajstić information content (AvgIpc) is 3.23. The zero-order valence-corrected chi connectivity index (χ0v) is 14.9. The number of fused-ring (bicyclic) bond motifs is 3. The van der Waals surface area contributed by atoms with Crippen LogP contribution in [0.4, 0.5) is 4.79 Å². The highest BCUT2D eigenvalue weighted by atomic mass is 35.5. The van der Waals surface area contributed by atoms with Crippen molar-refractivity contribution < 1.29 is 19.4 Å². The minimum Gasteiger partial charge on any atom is -0.480 e. The van der Waals surface area contributed by atoms with Crippen molar-refractivity contribution in [3.63, 3.8) is 0 Å². The van der Waals surface area contributed by atoms with E-state index in [1.807, 2.05) is 24.3 Å². The molecule has 136 valence electrons. The van der Waals surface area contributed by atoms with Crippen LogP contribution in [0.25, 0.3) is 11.1 Å². The summed E-state index contributed by atoms with van der Waals surface area (Å²) < 4.78 is 5.53. The summed E-state index contributed by atoms with van der Waals surface area (Å²) in [5.41, 5.74) is 4.63. The van der Waals surface area contributed by atoms with Crippen LogP contribution in [-0.4, -0.2) is 41.3 Å². The number of halogens is 1. The van der Waals surface area contributed by atoms with E-state index in [4.69, 9.17) is 4.74 Å². The molecule has 2 aliphatic rings. The minimum atomic E-state index is -0.967. The van der Waals surface area contributed by atoms with Gasteiger partial charge >= 0.3 is 12.1 Å². The first-order valence-electron chi connectivity index (χ1n) is 8.51. The molecule has 1 saturated heterocycles. The number of hydrogen-bond acceptors (Lipinski definition) is 3. The van der Waals surface area contributed by atoms with E-state index in [0.29, 0.717) is 19.4 Å². The maximum absolute atomic E-state index is 12.4. The van der Waals surface area contributed by atoms with Crippen molar-refractivity contribution in [2.24, 2.45) is 0 Å². The number of carbonyl (C=O) groups is 2. The van der Waals surface area contributed by atoms with E-state index >= 15 is 0 Å². The number of aliphatic carboxylic acids is 1. The Morgan fingerprint density at radius 2 is 1.62 bits per heavy atom. The van der Waals surface area contributed by atoms with E-state index in [9.17, 15) is 14.7 Å². The van der Waals surface area contributed by atoms with Crippen LogP contribution in [0.3, 0.4) is 0 Å². The predicted octanol–water partition coefficient (Wildman–Crippen LogP) is 3.91. The predicted molar refractivity (Wildman–Crippen MR) is 99.7 cm³/mol. The van der Waals surface area contributed by atoms with Crippen molar-refractivity contribution in [1.82, 2.24) is 4.90 Å². The van der Waals surface area contributed by atoms with E-state index < -0.39 is 18.1 Å². The quantitative estimate of drug-likeness (QED) is 0.885. The van der Waals surface area contributed by atoms with Crippen LogP contribution in [-0.2, 0) is 9.53 Å². The molecule has 1 aliphatic heterocycles. The highest BCUT2D eigenvalue weighted by Gasteiger charge is 2.36. The number of hydrogen-bond donors (Lipinski definition) is 1. The Morgan fingerprint density at radius 1 is 1.04 bits per heavy atom. The third kappa shape index (κ3) is 3.03. The number of ether oxygens (including phenoxy) is 1. The SMILES string of the molecule is Cl.O=C(O)[C@H]1CCCN1C(=O)OCC1c2ccccc2-c2ccccc21. The largest absolute Gasteiger partial charge is 0.480 e. The monoisotopic (exact) mass is 373 g/mol. The molecule has 1 amide bonds. The number of nitrogens with zero attached hydrogens (tertiary/aromatic N) is 1. The van der Waals surface area contributed by atoms with Gasteiger partial charge in [-0.2, -0.15) is 0 Å². The molecule has 0 bridgehead atoms. The van der Waals surface area contributed by atoms with E-state index in [1.165, 1.54) is 16.0 Å². The van der Waals surface area contributed by atoms with Crippen LogP contribution in [0.2, 0.25) is 0 Å². The summed E-state index contributed by atoms with van der Waals surface area (Å²) in [4.78, 5) is 25.0. The smallest absolute Gasteiger partial charge is 0.410 e. The summed E-state index contributed by atoms with van der Waals surface area (Å²) in [7, 11) is 0. The van der Waals surface area contributed by atoms with Crippen molar-refractivity contribution in [1.29, 1.82) is 0 Å². The molecule has 0 unspecified atom stereocenters. The number of carboxylic acids is 1. The van der Waals surface area contributed by atoms with E-state index in [2.05, 4.69) is 24.3 Å². The normalized spacial score (nSPS) is 18.0. The molecular weight excluding hydrogens is 354 g/mol. The lowest BCUT2D eigenvalue weighted by Gasteiger charge is -2.22. The molecule has 1 fully saturated rings. The molecule has 1 atom stereocenters. The van der Waals surface area contributed by atoms with Gasteiger partial charge in [-0.3, -0.25) is 4.90 Å². The molecule has 5 nitrogen and oxygen atoms in total. The lowest BCUT2D eigenvalue weighted by molar-refractivity contribution is -0.141. The first-order valence-corrected chi connectivity index (χ1v) is 8.51. The summed E-state index contributed by atoms with van der Waals surface area (Å²) in [6.07, 6.45) is 0.646.